The van der Waals surface area contributed by atoms with E-state index >= 15 is 0 Å². The van der Waals surface area contributed by atoms with Crippen LogP contribution in [0.15, 0.2) is 41.4 Å². The van der Waals surface area contributed by atoms with E-state index in [-0.39, 0.29) is 5.95 Å². The SMILES string of the molecule is O=S(=O)(Nc1nnc2ccccn12)c1cc(F)c(F)c(F)c1. The van der Waals surface area contributed by atoms with Gasteiger partial charge in [0.15, 0.2) is 23.1 Å². The summed E-state index contributed by atoms with van der Waals surface area (Å²) in [7, 11) is -4.36. The van der Waals surface area contributed by atoms with Crippen molar-refractivity contribution in [2.45, 2.75) is 4.90 Å². The molecule has 2 heterocycles. The summed E-state index contributed by atoms with van der Waals surface area (Å²) in [4.78, 5) is -0.767. The van der Waals surface area contributed by atoms with E-state index < -0.39 is 32.4 Å². The molecule has 0 unspecified atom stereocenters. The summed E-state index contributed by atoms with van der Waals surface area (Å²) in [5.74, 6) is -5.12. The molecule has 0 bridgehead atoms. The van der Waals surface area contributed by atoms with E-state index in [1.807, 2.05) is 4.72 Å². The number of sulfonamides is 1. The molecule has 6 nitrogen and oxygen atoms in total. The summed E-state index contributed by atoms with van der Waals surface area (Å²) < 4.78 is 66.8. The van der Waals surface area contributed by atoms with Crippen LogP contribution in [0.1, 0.15) is 0 Å². The van der Waals surface area contributed by atoms with E-state index in [0.717, 1.165) is 0 Å². The number of halogens is 3. The highest BCUT2D eigenvalue weighted by molar-refractivity contribution is 7.92. The summed E-state index contributed by atoms with van der Waals surface area (Å²) in [5, 5.41) is 7.35. The normalized spacial score (nSPS) is 11.8. The molecule has 0 spiro atoms. The van der Waals surface area contributed by atoms with Gasteiger partial charge in [-0.1, -0.05) is 6.07 Å². The van der Waals surface area contributed by atoms with Crippen LogP contribution in [0.3, 0.4) is 0 Å². The van der Waals surface area contributed by atoms with Gasteiger partial charge in [-0.2, -0.15) is 0 Å². The fourth-order valence-corrected chi connectivity index (χ4v) is 2.79. The Morgan fingerprint density at radius 2 is 1.73 bits per heavy atom. The number of nitrogens with one attached hydrogen (secondary N) is 1. The van der Waals surface area contributed by atoms with E-state index in [1.54, 1.807) is 18.2 Å². The Morgan fingerprint density at radius 1 is 1.05 bits per heavy atom. The second-order valence-corrected chi connectivity index (χ2v) is 5.94. The van der Waals surface area contributed by atoms with Gasteiger partial charge >= 0.3 is 0 Å². The summed E-state index contributed by atoms with van der Waals surface area (Å²) in [6, 6.07) is 5.63. The van der Waals surface area contributed by atoms with Crippen LogP contribution < -0.4 is 4.72 Å². The van der Waals surface area contributed by atoms with Gasteiger partial charge in [0.05, 0.1) is 4.90 Å². The van der Waals surface area contributed by atoms with E-state index in [0.29, 0.717) is 17.8 Å². The van der Waals surface area contributed by atoms with Crippen LogP contribution >= 0.6 is 0 Å². The van der Waals surface area contributed by atoms with Crippen LogP contribution in [-0.4, -0.2) is 23.0 Å². The first-order valence-corrected chi connectivity index (χ1v) is 7.34. The van der Waals surface area contributed by atoms with Crippen molar-refractivity contribution in [1.29, 1.82) is 0 Å². The number of anilines is 1. The summed E-state index contributed by atoms with van der Waals surface area (Å²) in [6.45, 7) is 0. The topological polar surface area (TPSA) is 76.4 Å². The maximum atomic E-state index is 13.2. The largest absolute Gasteiger partial charge is 0.268 e. The van der Waals surface area contributed by atoms with E-state index in [4.69, 9.17) is 0 Å². The first kappa shape index (κ1) is 14.3. The second kappa shape index (κ2) is 4.98. The molecule has 0 fully saturated rings. The van der Waals surface area contributed by atoms with Gasteiger partial charge in [-0.15, -0.1) is 10.2 Å². The highest BCUT2D eigenvalue weighted by Crippen LogP contribution is 2.20. The van der Waals surface area contributed by atoms with Gasteiger partial charge < -0.3 is 0 Å². The summed E-state index contributed by atoms with van der Waals surface area (Å²) >= 11 is 0. The molecule has 114 valence electrons. The van der Waals surface area contributed by atoms with Crippen molar-refractivity contribution in [2.24, 2.45) is 0 Å². The van der Waals surface area contributed by atoms with Crippen molar-refractivity contribution < 1.29 is 21.6 Å². The van der Waals surface area contributed by atoms with Crippen molar-refractivity contribution in [3.05, 3.63) is 54.0 Å². The van der Waals surface area contributed by atoms with E-state index in [2.05, 4.69) is 10.2 Å². The molecule has 0 aliphatic carbocycles. The molecule has 3 rings (SSSR count). The Hall–Kier alpha value is -2.62. The third kappa shape index (κ3) is 2.37. The lowest BCUT2D eigenvalue weighted by Crippen LogP contribution is -2.16. The average Bonchev–Trinajstić information content (AvgIpc) is 2.87. The molecule has 0 radical (unpaired) electrons. The van der Waals surface area contributed by atoms with Crippen LogP contribution in [-0.2, 0) is 10.0 Å². The number of hydrogen-bond donors (Lipinski definition) is 1. The number of aromatic nitrogens is 3. The predicted octanol–water partition coefficient (Wildman–Crippen LogP) is 1.95. The van der Waals surface area contributed by atoms with E-state index in [9.17, 15) is 21.6 Å². The second-order valence-electron chi connectivity index (χ2n) is 4.26. The lowest BCUT2D eigenvalue weighted by atomic mass is 10.3. The van der Waals surface area contributed by atoms with Crippen molar-refractivity contribution >= 4 is 21.6 Å². The highest BCUT2D eigenvalue weighted by atomic mass is 32.2. The van der Waals surface area contributed by atoms with Gasteiger partial charge in [-0.25, -0.2) is 26.3 Å². The van der Waals surface area contributed by atoms with E-state index in [1.165, 1.54) is 10.6 Å². The molecule has 3 aromatic rings. The molecular formula is C12H7F3N4O2S. The first-order chi connectivity index (χ1) is 10.4. The van der Waals surface area contributed by atoms with Crippen LogP contribution in [0.4, 0.5) is 19.1 Å². The Bertz CT molecular complexity index is 948. The Kier molecular flexibility index (Phi) is 3.24. The molecule has 0 saturated carbocycles. The Balaban J connectivity index is 2.04. The van der Waals surface area contributed by atoms with Gasteiger partial charge in [0, 0.05) is 6.20 Å². The maximum Gasteiger partial charge on any atom is 0.264 e. The fourth-order valence-electron chi connectivity index (χ4n) is 1.78. The molecule has 0 amide bonds. The smallest absolute Gasteiger partial charge is 0.264 e. The monoisotopic (exact) mass is 328 g/mol. The van der Waals surface area contributed by atoms with Crippen LogP contribution in [0.5, 0.6) is 0 Å². The third-order valence-corrected chi connectivity index (χ3v) is 4.11. The molecule has 0 atom stereocenters. The molecular weight excluding hydrogens is 321 g/mol. The van der Waals surface area contributed by atoms with Gasteiger partial charge in [0.2, 0.25) is 5.95 Å². The number of pyridine rings is 1. The zero-order chi connectivity index (χ0) is 15.9. The minimum Gasteiger partial charge on any atom is -0.268 e. The fraction of sp³-hybridized carbons (Fsp3) is 0. The highest BCUT2D eigenvalue weighted by Gasteiger charge is 2.22. The zero-order valence-corrected chi connectivity index (χ0v) is 11.5. The Morgan fingerprint density at radius 3 is 2.41 bits per heavy atom. The summed E-state index contributed by atoms with van der Waals surface area (Å²) in [6.07, 6.45) is 1.50. The predicted molar refractivity (Wildman–Crippen MR) is 70.1 cm³/mol. The van der Waals surface area contributed by atoms with Crippen molar-refractivity contribution in [2.75, 3.05) is 4.72 Å². The standard InChI is InChI=1S/C12H7F3N4O2S/c13-8-5-7(6-9(14)11(8)15)22(20,21)18-12-17-16-10-3-1-2-4-19(10)12/h1-6H,(H,17,18). The van der Waals surface area contributed by atoms with Crippen molar-refractivity contribution in [1.82, 2.24) is 14.6 Å². The number of fused-ring (bicyclic) bond motifs is 1. The van der Waals surface area contributed by atoms with Crippen molar-refractivity contribution in [3.63, 3.8) is 0 Å². The number of rotatable bonds is 3. The van der Waals surface area contributed by atoms with Gasteiger partial charge in [0.25, 0.3) is 10.0 Å². The maximum absolute atomic E-state index is 13.2. The molecule has 0 saturated heterocycles. The van der Waals surface area contributed by atoms with Gasteiger partial charge in [0.1, 0.15) is 0 Å². The molecule has 22 heavy (non-hydrogen) atoms. The lowest BCUT2D eigenvalue weighted by Gasteiger charge is -2.07. The summed E-state index contributed by atoms with van der Waals surface area (Å²) in [5.41, 5.74) is 0.372. The van der Waals surface area contributed by atoms with Gasteiger partial charge in [-0.05, 0) is 24.3 Å². The Labute approximate surface area is 122 Å². The minimum absolute atomic E-state index is 0.166. The minimum atomic E-state index is -4.36. The van der Waals surface area contributed by atoms with Crippen LogP contribution in [0.2, 0.25) is 0 Å². The molecule has 0 aliphatic rings. The van der Waals surface area contributed by atoms with Gasteiger partial charge in [-0.3, -0.25) is 4.40 Å². The van der Waals surface area contributed by atoms with Crippen LogP contribution in [0, 0.1) is 17.5 Å². The quantitative estimate of drug-likeness (QED) is 0.746. The first-order valence-electron chi connectivity index (χ1n) is 5.85. The molecule has 1 aromatic carbocycles. The van der Waals surface area contributed by atoms with Crippen molar-refractivity contribution in [3.8, 4) is 0 Å². The number of nitrogens with zero attached hydrogens (tertiary/aromatic N) is 3. The lowest BCUT2D eigenvalue weighted by molar-refractivity contribution is 0.442. The molecule has 1 N–H and O–H groups in total. The number of benzene rings is 1. The molecule has 2 aromatic heterocycles. The third-order valence-electron chi connectivity index (χ3n) is 2.81. The van der Waals surface area contributed by atoms with Crippen LogP contribution in [0.25, 0.3) is 5.65 Å². The molecule has 0 aliphatic heterocycles. The average molecular weight is 328 g/mol. The zero-order valence-electron chi connectivity index (χ0n) is 10.7. The number of hydrogen-bond acceptors (Lipinski definition) is 4. The molecule has 10 heteroatoms.